The fourth-order valence-electron chi connectivity index (χ4n) is 1.98. The van der Waals surface area contributed by atoms with E-state index in [2.05, 4.69) is 40.6 Å². The van der Waals surface area contributed by atoms with Gasteiger partial charge in [-0.15, -0.1) is 0 Å². The van der Waals surface area contributed by atoms with Gasteiger partial charge in [0.1, 0.15) is 0 Å². The fourth-order valence-corrected chi connectivity index (χ4v) is 1.98. The number of rotatable bonds is 4. The van der Waals surface area contributed by atoms with Crippen LogP contribution in [-0.4, -0.2) is 15.0 Å². The van der Waals surface area contributed by atoms with E-state index < -0.39 is 0 Å². The largest absolute Gasteiger partial charge is 0.209 e. The molecule has 0 bridgehead atoms. The molecule has 0 radical (unpaired) electrons. The number of aromatic nitrogens is 3. The van der Waals surface area contributed by atoms with E-state index in [1.54, 1.807) is 6.08 Å². The Kier molecular flexibility index (Phi) is 4.99. The van der Waals surface area contributed by atoms with Crippen LogP contribution in [0.15, 0.2) is 49.1 Å². The third-order valence-corrected chi connectivity index (χ3v) is 3.52. The summed E-state index contributed by atoms with van der Waals surface area (Å²) in [6, 6.07) is 8.19. The molecule has 0 spiro atoms. The lowest BCUT2D eigenvalue weighted by atomic mass is 10.1. The van der Waals surface area contributed by atoms with E-state index in [9.17, 15) is 0 Å². The molecule has 0 atom stereocenters. The summed E-state index contributed by atoms with van der Waals surface area (Å²) in [5.74, 6) is 2.03. The maximum atomic E-state index is 4.60. The summed E-state index contributed by atoms with van der Waals surface area (Å²) in [5.41, 5.74) is 4.12. The van der Waals surface area contributed by atoms with Crippen LogP contribution >= 0.6 is 0 Å². The smallest absolute Gasteiger partial charge is 0.164 e. The van der Waals surface area contributed by atoms with Crippen LogP contribution in [-0.2, 0) is 0 Å². The number of aryl methyl sites for hydroxylation is 1. The quantitative estimate of drug-likeness (QED) is 0.755. The van der Waals surface area contributed by atoms with Crippen molar-refractivity contribution in [2.24, 2.45) is 0 Å². The van der Waals surface area contributed by atoms with E-state index in [4.69, 9.17) is 0 Å². The van der Waals surface area contributed by atoms with Crippen molar-refractivity contribution in [3.63, 3.8) is 0 Å². The first-order chi connectivity index (χ1) is 10.6. The van der Waals surface area contributed by atoms with Crippen LogP contribution in [0.25, 0.3) is 22.5 Å². The first-order valence-corrected chi connectivity index (χ1v) is 7.34. The van der Waals surface area contributed by atoms with Gasteiger partial charge in [0.2, 0.25) is 0 Å². The van der Waals surface area contributed by atoms with E-state index in [0.717, 1.165) is 16.7 Å². The molecule has 0 saturated heterocycles. The van der Waals surface area contributed by atoms with Crippen LogP contribution in [0, 0.1) is 6.92 Å². The highest BCUT2D eigenvalue weighted by Gasteiger charge is 2.11. The molecular formula is C19H21N3. The molecule has 3 nitrogen and oxygen atoms in total. The van der Waals surface area contributed by atoms with Crippen molar-refractivity contribution in [1.82, 2.24) is 15.0 Å². The predicted octanol–water partition coefficient (Wildman–Crippen LogP) is 4.86. The molecular weight excluding hydrogens is 270 g/mol. The average Bonchev–Trinajstić information content (AvgIpc) is 2.55. The van der Waals surface area contributed by atoms with Gasteiger partial charge in [-0.05, 0) is 33.3 Å². The van der Waals surface area contributed by atoms with Gasteiger partial charge in [-0.25, -0.2) is 15.0 Å². The SMILES string of the molecule is C=C/C(=C\C)c1nc(/C(C)=C/C)nc(-c2ccc(C)cc2)n1. The van der Waals surface area contributed by atoms with Crippen molar-refractivity contribution in [1.29, 1.82) is 0 Å². The second kappa shape index (κ2) is 6.94. The highest BCUT2D eigenvalue weighted by Crippen LogP contribution is 2.21. The Morgan fingerprint density at radius 2 is 1.59 bits per heavy atom. The average molecular weight is 291 g/mol. The van der Waals surface area contributed by atoms with Gasteiger partial charge in [0.25, 0.3) is 0 Å². The molecule has 0 N–H and O–H groups in total. The molecule has 2 rings (SSSR count). The molecule has 0 aliphatic heterocycles. The predicted molar refractivity (Wildman–Crippen MR) is 93.2 cm³/mol. The topological polar surface area (TPSA) is 38.7 Å². The number of nitrogens with zero attached hydrogens (tertiary/aromatic N) is 3. The summed E-state index contributed by atoms with van der Waals surface area (Å²) < 4.78 is 0. The molecule has 1 heterocycles. The van der Waals surface area contributed by atoms with Gasteiger partial charge in [0.15, 0.2) is 17.5 Å². The number of hydrogen-bond acceptors (Lipinski definition) is 3. The van der Waals surface area contributed by atoms with Gasteiger partial charge in [-0.3, -0.25) is 0 Å². The summed E-state index contributed by atoms with van der Waals surface area (Å²) in [6.45, 7) is 11.8. The molecule has 2 aromatic rings. The molecule has 1 aromatic heterocycles. The molecule has 1 aromatic carbocycles. The van der Waals surface area contributed by atoms with Crippen LogP contribution < -0.4 is 0 Å². The van der Waals surface area contributed by atoms with Crippen LogP contribution in [0.5, 0.6) is 0 Å². The zero-order chi connectivity index (χ0) is 16.1. The lowest BCUT2D eigenvalue weighted by Crippen LogP contribution is -2.03. The summed E-state index contributed by atoms with van der Waals surface area (Å²) in [5, 5.41) is 0. The Morgan fingerprint density at radius 1 is 0.955 bits per heavy atom. The van der Waals surface area contributed by atoms with Gasteiger partial charge >= 0.3 is 0 Å². The van der Waals surface area contributed by atoms with Crippen LogP contribution in [0.2, 0.25) is 0 Å². The van der Waals surface area contributed by atoms with Crippen LogP contribution in [0.1, 0.15) is 38.0 Å². The third kappa shape index (κ3) is 3.37. The van der Waals surface area contributed by atoms with Crippen LogP contribution in [0.3, 0.4) is 0 Å². The standard InChI is InChI=1S/C19H21N3/c1-6-14(5)17-20-18(15(7-2)8-3)22-19(21-17)16-11-9-13(4)10-12-16/h6-12H,2H2,1,3-5H3/b14-6+,15-8+. The van der Waals surface area contributed by atoms with Gasteiger partial charge < -0.3 is 0 Å². The van der Waals surface area contributed by atoms with Gasteiger partial charge in [-0.1, -0.05) is 54.6 Å². The van der Waals surface area contributed by atoms with E-state index >= 15 is 0 Å². The van der Waals surface area contributed by atoms with Crippen molar-refractivity contribution in [3.05, 3.63) is 66.3 Å². The monoisotopic (exact) mass is 291 g/mol. The molecule has 112 valence electrons. The minimum atomic E-state index is 0.652. The third-order valence-electron chi connectivity index (χ3n) is 3.52. The normalized spacial score (nSPS) is 12.4. The second-order valence-electron chi connectivity index (χ2n) is 5.09. The lowest BCUT2D eigenvalue weighted by molar-refractivity contribution is 0.997. The van der Waals surface area contributed by atoms with Crippen molar-refractivity contribution >= 4 is 11.1 Å². The van der Waals surface area contributed by atoms with Gasteiger partial charge in [0, 0.05) is 11.1 Å². The minimum absolute atomic E-state index is 0.652. The van der Waals surface area contributed by atoms with Crippen LogP contribution in [0.4, 0.5) is 0 Å². The van der Waals surface area contributed by atoms with Gasteiger partial charge in [-0.2, -0.15) is 0 Å². The Hall–Kier alpha value is -2.55. The number of allylic oxidation sites excluding steroid dienone is 5. The maximum Gasteiger partial charge on any atom is 0.164 e. The molecule has 0 aliphatic rings. The van der Waals surface area contributed by atoms with Crippen molar-refractivity contribution in [2.45, 2.75) is 27.7 Å². The highest BCUT2D eigenvalue weighted by molar-refractivity contribution is 5.71. The second-order valence-corrected chi connectivity index (χ2v) is 5.09. The summed E-state index contributed by atoms with van der Waals surface area (Å²) in [7, 11) is 0. The molecule has 0 saturated carbocycles. The van der Waals surface area contributed by atoms with Crippen molar-refractivity contribution in [2.75, 3.05) is 0 Å². The molecule has 0 aliphatic carbocycles. The molecule has 22 heavy (non-hydrogen) atoms. The molecule has 0 amide bonds. The summed E-state index contributed by atoms with van der Waals surface area (Å²) >= 11 is 0. The van der Waals surface area contributed by atoms with E-state index in [1.165, 1.54) is 5.56 Å². The summed E-state index contributed by atoms with van der Waals surface area (Å²) in [6.07, 6.45) is 5.72. The van der Waals surface area contributed by atoms with E-state index in [-0.39, 0.29) is 0 Å². The molecule has 0 fully saturated rings. The number of hydrogen-bond donors (Lipinski definition) is 0. The van der Waals surface area contributed by atoms with Gasteiger partial charge in [0.05, 0.1) is 0 Å². The van der Waals surface area contributed by atoms with E-state index in [1.807, 2.05) is 45.1 Å². The summed E-state index contributed by atoms with van der Waals surface area (Å²) in [4.78, 5) is 13.8. The Labute approximate surface area is 132 Å². The zero-order valence-corrected chi connectivity index (χ0v) is 13.6. The Morgan fingerprint density at radius 3 is 2.14 bits per heavy atom. The minimum Gasteiger partial charge on any atom is -0.209 e. The molecule has 0 unspecified atom stereocenters. The zero-order valence-electron chi connectivity index (χ0n) is 13.6. The Balaban J connectivity index is 2.65. The molecule has 3 heteroatoms. The first kappa shape index (κ1) is 15.8. The fraction of sp³-hybridized carbons (Fsp3) is 0.211. The van der Waals surface area contributed by atoms with E-state index in [0.29, 0.717) is 17.5 Å². The maximum absolute atomic E-state index is 4.60. The highest BCUT2D eigenvalue weighted by atomic mass is 15.0. The first-order valence-electron chi connectivity index (χ1n) is 7.34. The van der Waals surface area contributed by atoms with Crippen molar-refractivity contribution in [3.8, 4) is 11.4 Å². The lowest BCUT2D eigenvalue weighted by Gasteiger charge is -2.08. The Bertz CT molecular complexity index is 738. The number of benzene rings is 1. The van der Waals surface area contributed by atoms with Crippen molar-refractivity contribution < 1.29 is 0 Å².